The number of nitrogens with one attached hydrogen (secondary N) is 2. The summed E-state index contributed by atoms with van der Waals surface area (Å²) >= 11 is 6.19. The average molecular weight is 587 g/mol. The summed E-state index contributed by atoms with van der Waals surface area (Å²) in [6, 6.07) is 15.0. The van der Waals surface area contributed by atoms with Gasteiger partial charge in [-0.3, -0.25) is 14.4 Å². The largest absolute Gasteiger partial charge is 0.481 e. The maximum absolute atomic E-state index is 12.7. The van der Waals surface area contributed by atoms with Crippen LogP contribution in [-0.4, -0.2) is 33.1 Å². The number of amides is 2. The molecule has 7 nitrogen and oxygen atoms in total. The summed E-state index contributed by atoms with van der Waals surface area (Å²) in [5.41, 5.74) is 2.37. The lowest BCUT2D eigenvalue weighted by Gasteiger charge is -2.24. The number of aromatic nitrogens is 1. The Kier molecular flexibility index (Phi) is 8.60. The second kappa shape index (κ2) is 11.9. The minimum Gasteiger partial charge on any atom is -0.481 e. The van der Waals surface area contributed by atoms with Crippen molar-refractivity contribution in [1.29, 1.82) is 0 Å². The van der Waals surface area contributed by atoms with Gasteiger partial charge in [-0.2, -0.15) is 0 Å². The number of thiazole rings is 1. The van der Waals surface area contributed by atoms with Crippen LogP contribution in [0.3, 0.4) is 0 Å². The maximum atomic E-state index is 12.7. The van der Waals surface area contributed by atoms with E-state index >= 15 is 0 Å². The summed E-state index contributed by atoms with van der Waals surface area (Å²) in [6.45, 7) is 1.82. The molecule has 1 heterocycles. The first-order valence-corrected chi connectivity index (χ1v) is 13.8. The molecule has 2 aromatic carbocycles. The third kappa shape index (κ3) is 6.63. The van der Waals surface area contributed by atoms with Gasteiger partial charge in [0.1, 0.15) is 0 Å². The number of thioether (sulfide) groups is 1. The van der Waals surface area contributed by atoms with Crippen LogP contribution in [0.1, 0.15) is 19.8 Å². The molecule has 1 aliphatic rings. The molecular weight excluding hydrogens is 562 g/mol. The van der Waals surface area contributed by atoms with Crippen molar-refractivity contribution in [3.05, 3.63) is 70.5 Å². The molecule has 1 aromatic heterocycles. The van der Waals surface area contributed by atoms with Crippen LogP contribution >= 0.6 is 39.0 Å². The lowest BCUT2D eigenvalue weighted by molar-refractivity contribution is -0.146. The number of hydrogen-bond acceptors (Lipinski definition) is 6. The predicted octanol–water partition coefficient (Wildman–Crippen LogP) is 6.30. The van der Waals surface area contributed by atoms with E-state index in [2.05, 4.69) is 31.5 Å². The summed E-state index contributed by atoms with van der Waals surface area (Å²) in [4.78, 5) is 42.2. The van der Waals surface area contributed by atoms with Gasteiger partial charge in [-0.1, -0.05) is 40.2 Å². The summed E-state index contributed by atoms with van der Waals surface area (Å²) < 4.78 is 0.991. The number of carbonyl (C=O) groups is 3. The van der Waals surface area contributed by atoms with Gasteiger partial charge >= 0.3 is 5.97 Å². The van der Waals surface area contributed by atoms with Gasteiger partial charge in [0.2, 0.25) is 11.8 Å². The zero-order valence-electron chi connectivity index (χ0n) is 19.3. The number of aliphatic carboxylic acids is 1. The molecule has 0 saturated heterocycles. The summed E-state index contributed by atoms with van der Waals surface area (Å²) in [6.07, 6.45) is 4.42. The molecule has 3 atom stereocenters. The van der Waals surface area contributed by atoms with Gasteiger partial charge in [-0.15, -0.1) is 23.1 Å². The molecule has 3 unspecified atom stereocenters. The van der Waals surface area contributed by atoms with Crippen LogP contribution < -0.4 is 10.6 Å². The molecule has 2 amide bonds. The molecule has 0 radical (unpaired) electrons. The second-order valence-corrected chi connectivity index (χ2v) is 11.5. The molecular formula is C26H24BrN3O4S2. The topological polar surface area (TPSA) is 108 Å². The van der Waals surface area contributed by atoms with Gasteiger partial charge in [0.05, 0.1) is 22.8 Å². The highest BCUT2D eigenvalue weighted by atomic mass is 79.9. The fourth-order valence-corrected chi connectivity index (χ4v) is 5.63. The van der Waals surface area contributed by atoms with E-state index in [1.807, 2.05) is 60.9 Å². The minimum atomic E-state index is -0.958. The number of anilines is 2. The van der Waals surface area contributed by atoms with E-state index in [9.17, 15) is 19.5 Å². The van der Waals surface area contributed by atoms with E-state index in [4.69, 9.17) is 0 Å². The van der Waals surface area contributed by atoms with Crippen molar-refractivity contribution in [1.82, 2.24) is 4.98 Å². The molecule has 4 rings (SSSR count). The maximum Gasteiger partial charge on any atom is 0.307 e. The third-order valence-corrected chi connectivity index (χ3v) is 8.16. The number of carboxylic acids is 1. The van der Waals surface area contributed by atoms with Crippen molar-refractivity contribution in [2.75, 3.05) is 10.6 Å². The number of carboxylic acid groups (broad SMARTS) is 1. The Labute approximate surface area is 225 Å². The molecule has 0 fully saturated rings. The van der Waals surface area contributed by atoms with E-state index < -0.39 is 17.8 Å². The van der Waals surface area contributed by atoms with Gasteiger partial charge in [0.15, 0.2) is 5.13 Å². The number of hydrogen-bond donors (Lipinski definition) is 3. The first-order chi connectivity index (χ1) is 17.3. The normalized spacial score (nSPS) is 17.8. The highest BCUT2D eigenvalue weighted by molar-refractivity contribution is 9.10. The monoisotopic (exact) mass is 585 g/mol. The third-order valence-electron chi connectivity index (χ3n) is 5.76. The van der Waals surface area contributed by atoms with Crippen LogP contribution in [0.4, 0.5) is 10.8 Å². The zero-order valence-corrected chi connectivity index (χ0v) is 22.5. The highest BCUT2D eigenvalue weighted by Gasteiger charge is 2.33. The molecule has 0 spiro atoms. The number of allylic oxidation sites excluding steroid dienone is 2. The van der Waals surface area contributed by atoms with E-state index in [-0.39, 0.29) is 17.1 Å². The number of carbonyl (C=O) groups excluding carboxylic acids is 2. The van der Waals surface area contributed by atoms with Crippen LogP contribution in [0.15, 0.2) is 75.4 Å². The molecule has 3 aromatic rings. The first kappa shape index (κ1) is 26.1. The average Bonchev–Trinajstić information content (AvgIpc) is 3.34. The van der Waals surface area contributed by atoms with Crippen molar-refractivity contribution in [2.45, 2.75) is 29.9 Å². The number of nitrogens with zero attached hydrogens (tertiary/aromatic N) is 1. The lowest BCUT2D eigenvalue weighted by Crippen LogP contribution is -2.34. The standard InChI is InChI=1S/C26H24BrN3O4S2/c1-15(23(31)30-26-29-22(14-35-26)16-6-8-17(27)9-7-16)36-19-12-10-18(11-13-19)28-24(32)20-4-2-3-5-21(20)25(33)34/h2-3,6-15,20-21H,4-5H2,1H3,(H,28,32)(H,33,34)(H,29,30,31). The highest BCUT2D eigenvalue weighted by Crippen LogP contribution is 2.30. The Morgan fingerprint density at radius 3 is 2.36 bits per heavy atom. The van der Waals surface area contributed by atoms with Gasteiger partial charge < -0.3 is 15.7 Å². The van der Waals surface area contributed by atoms with Crippen LogP contribution in [-0.2, 0) is 14.4 Å². The second-order valence-electron chi connectivity index (χ2n) is 8.30. The molecule has 36 heavy (non-hydrogen) atoms. The van der Waals surface area contributed by atoms with E-state index in [1.54, 1.807) is 12.1 Å². The van der Waals surface area contributed by atoms with Gasteiger partial charge in [-0.25, -0.2) is 4.98 Å². The number of halogens is 1. The fourth-order valence-electron chi connectivity index (χ4n) is 3.78. The van der Waals surface area contributed by atoms with Crippen LogP contribution in [0.25, 0.3) is 11.3 Å². The fraction of sp³-hybridized carbons (Fsp3) is 0.231. The quantitative estimate of drug-likeness (QED) is 0.211. The Bertz CT molecular complexity index is 1280. The van der Waals surface area contributed by atoms with E-state index in [0.717, 1.165) is 20.6 Å². The Balaban J connectivity index is 1.30. The smallest absolute Gasteiger partial charge is 0.307 e. The van der Waals surface area contributed by atoms with Crippen molar-refractivity contribution >= 4 is 67.6 Å². The summed E-state index contributed by atoms with van der Waals surface area (Å²) in [7, 11) is 0. The van der Waals surface area contributed by atoms with Gasteiger partial charge in [0.25, 0.3) is 0 Å². The van der Waals surface area contributed by atoms with Crippen LogP contribution in [0, 0.1) is 11.8 Å². The van der Waals surface area contributed by atoms with Crippen LogP contribution in [0.5, 0.6) is 0 Å². The predicted molar refractivity (Wildman–Crippen MR) is 147 cm³/mol. The summed E-state index contributed by atoms with van der Waals surface area (Å²) in [5, 5.41) is 17.2. The molecule has 0 bridgehead atoms. The minimum absolute atomic E-state index is 0.154. The Hall–Kier alpha value is -2.95. The number of rotatable bonds is 8. The first-order valence-electron chi connectivity index (χ1n) is 11.3. The summed E-state index contributed by atoms with van der Waals surface area (Å²) in [5.74, 6) is -2.72. The van der Waals surface area contributed by atoms with Crippen molar-refractivity contribution in [2.24, 2.45) is 11.8 Å². The van der Waals surface area contributed by atoms with Gasteiger partial charge in [0, 0.05) is 26.0 Å². The van der Waals surface area contributed by atoms with Crippen LogP contribution in [0.2, 0.25) is 0 Å². The Morgan fingerprint density at radius 2 is 1.69 bits per heavy atom. The lowest BCUT2D eigenvalue weighted by atomic mass is 9.82. The zero-order chi connectivity index (χ0) is 25.7. The van der Waals surface area contributed by atoms with Crippen molar-refractivity contribution in [3.8, 4) is 11.3 Å². The molecule has 0 saturated carbocycles. The van der Waals surface area contributed by atoms with Crippen molar-refractivity contribution in [3.63, 3.8) is 0 Å². The Morgan fingerprint density at radius 1 is 1.03 bits per heavy atom. The molecule has 0 aliphatic heterocycles. The van der Waals surface area contributed by atoms with Crippen molar-refractivity contribution < 1.29 is 19.5 Å². The molecule has 10 heteroatoms. The van der Waals surface area contributed by atoms with E-state index in [0.29, 0.717) is 23.7 Å². The molecule has 186 valence electrons. The number of benzene rings is 2. The van der Waals surface area contributed by atoms with Gasteiger partial charge in [-0.05, 0) is 56.2 Å². The molecule has 3 N–H and O–H groups in total. The SMILES string of the molecule is CC(Sc1ccc(NC(=O)C2CC=CCC2C(=O)O)cc1)C(=O)Nc1nc(-c2ccc(Br)cc2)cs1. The van der Waals surface area contributed by atoms with E-state index in [1.165, 1.54) is 23.1 Å². The molecule has 1 aliphatic carbocycles.